The number of carboxylic acids is 1. The second-order valence-corrected chi connectivity index (χ2v) is 7.46. The maximum absolute atomic E-state index is 12.4. The molecule has 0 aromatic heterocycles. The Morgan fingerprint density at radius 3 is 2.04 bits per heavy atom. The van der Waals surface area contributed by atoms with Crippen molar-refractivity contribution in [3.63, 3.8) is 0 Å². The predicted molar refractivity (Wildman–Crippen MR) is 104 cm³/mol. The first kappa shape index (κ1) is 20.4. The number of hydrogen-bond donors (Lipinski definition) is 2. The molecule has 0 unspecified atom stereocenters. The molecule has 0 spiro atoms. The Morgan fingerprint density at radius 2 is 1.48 bits per heavy atom. The fourth-order valence-corrected chi connectivity index (χ4v) is 2.95. The van der Waals surface area contributed by atoms with Gasteiger partial charge in [-0.25, -0.2) is 4.79 Å². The minimum absolute atomic E-state index is 0.0347. The molecule has 0 bridgehead atoms. The van der Waals surface area contributed by atoms with Gasteiger partial charge in [-0.05, 0) is 11.0 Å². The predicted octanol–water partition coefficient (Wildman–Crippen LogP) is 3.49. The molecule has 2 N–H and O–H groups in total. The van der Waals surface area contributed by atoms with Crippen molar-refractivity contribution in [1.82, 2.24) is 5.32 Å². The number of amides is 1. The summed E-state index contributed by atoms with van der Waals surface area (Å²) in [6, 6.07) is 17.1. The number of rotatable bonds is 9. The Balaban J connectivity index is 1.95. The fraction of sp³-hybridized carbons (Fsp3) is 0.318. The third-order valence-electron chi connectivity index (χ3n) is 4.29. The SMILES string of the molecule is CC(C)(CC(=O)N[C@@H](Cc1ccccc1)C(=O)O)CC(=O)c1ccccc1. The lowest BCUT2D eigenvalue weighted by Gasteiger charge is -2.24. The standard InChI is InChI=1S/C22H25NO4/c1-22(2,14-19(24)17-11-7-4-8-12-17)15-20(25)23-18(21(26)27)13-16-9-5-3-6-10-16/h3-12,18H,13-15H2,1-2H3,(H,23,25)(H,26,27)/t18-/m0/s1. The van der Waals surface area contributed by atoms with Gasteiger partial charge in [0.2, 0.25) is 5.91 Å². The highest BCUT2D eigenvalue weighted by atomic mass is 16.4. The normalized spacial score (nSPS) is 12.2. The van der Waals surface area contributed by atoms with E-state index in [0.29, 0.717) is 5.56 Å². The molecule has 0 saturated carbocycles. The lowest BCUT2D eigenvalue weighted by atomic mass is 9.82. The van der Waals surface area contributed by atoms with Gasteiger partial charge in [-0.15, -0.1) is 0 Å². The summed E-state index contributed by atoms with van der Waals surface area (Å²) in [5.74, 6) is -1.48. The van der Waals surface area contributed by atoms with Crippen LogP contribution in [0, 0.1) is 5.41 Å². The quantitative estimate of drug-likeness (QED) is 0.665. The van der Waals surface area contributed by atoms with E-state index in [-0.39, 0.29) is 31.0 Å². The molecule has 0 aliphatic rings. The van der Waals surface area contributed by atoms with Crippen LogP contribution in [0.15, 0.2) is 60.7 Å². The lowest BCUT2D eigenvalue weighted by Crippen LogP contribution is -2.43. The molecular weight excluding hydrogens is 342 g/mol. The van der Waals surface area contributed by atoms with Gasteiger partial charge in [0.15, 0.2) is 5.78 Å². The van der Waals surface area contributed by atoms with Crippen molar-refractivity contribution in [2.24, 2.45) is 5.41 Å². The number of nitrogens with one attached hydrogen (secondary N) is 1. The van der Waals surface area contributed by atoms with Crippen LogP contribution in [-0.4, -0.2) is 28.8 Å². The number of aliphatic carboxylic acids is 1. The van der Waals surface area contributed by atoms with E-state index in [4.69, 9.17) is 0 Å². The van der Waals surface area contributed by atoms with Gasteiger partial charge < -0.3 is 10.4 Å². The van der Waals surface area contributed by atoms with Crippen LogP contribution in [-0.2, 0) is 16.0 Å². The molecule has 2 rings (SSSR count). The largest absolute Gasteiger partial charge is 0.480 e. The Morgan fingerprint density at radius 1 is 0.926 bits per heavy atom. The van der Waals surface area contributed by atoms with Crippen LogP contribution in [0.5, 0.6) is 0 Å². The molecule has 0 aliphatic carbocycles. The highest BCUT2D eigenvalue weighted by Gasteiger charge is 2.28. The Hall–Kier alpha value is -2.95. The zero-order chi connectivity index (χ0) is 19.9. The first-order chi connectivity index (χ1) is 12.8. The van der Waals surface area contributed by atoms with Crippen molar-refractivity contribution < 1.29 is 19.5 Å². The van der Waals surface area contributed by atoms with Crippen molar-refractivity contribution in [3.05, 3.63) is 71.8 Å². The second kappa shape index (κ2) is 9.12. The van der Waals surface area contributed by atoms with Gasteiger partial charge in [-0.1, -0.05) is 74.5 Å². The third-order valence-corrected chi connectivity index (χ3v) is 4.29. The summed E-state index contributed by atoms with van der Waals surface area (Å²) in [5, 5.41) is 12.0. The van der Waals surface area contributed by atoms with Crippen molar-refractivity contribution in [3.8, 4) is 0 Å². The van der Waals surface area contributed by atoms with E-state index in [9.17, 15) is 19.5 Å². The molecule has 0 aliphatic heterocycles. The molecule has 0 heterocycles. The molecule has 2 aromatic rings. The highest BCUT2D eigenvalue weighted by Crippen LogP contribution is 2.27. The summed E-state index contributed by atoms with van der Waals surface area (Å²) in [4.78, 5) is 36.3. The smallest absolute Gasteiger partial charge is 0.326 e. The summed E-state index contributed by atoms with van der Waals surface area (Å²) in [5.41, 5.74) is 0.870. The van der Waals surface area contributed by atoms with Crippen LogP contribution in [0.25, 0.3) is 0 Å². The summed E-state index contributed by atoms with van der Waals surface area (Å²) in [7, 11) is 0. The third kappa shape index (κ3) is 6.70. The first-order valence-electron chi connectivity index (χ1n) is 8.91. The number of carbonyl (C=O) groups excluding carboxylic acids is 2. The van der Waals surface area contributed by atoms with E-state index < -0.39 is 17.4 Å². The van der Waals surface area contributed by atoms with E-state index in [1.807, 2.05) is 50.2 Å². The van der Waals surface area contributed by atoms with Crippen LogP contribution in [0.1, 0.15) is 42.6 Å². The zero-order valence-corrected chi connectivity index (χ0v) is 15.6. The van der Waals surface area contributed by atoms with Crippen molar-refractivity contribution in [1.29, 1.82) is 0 Å². The van der Waals surface area contributed by atoms with Gasteiger partial charge in [0, 0.05) is 24.8 Å². The molecule has 27 heavy (non-hydrogen) atoms. The Bertz CT molecular complexity index is 784. The molecule has 0 radical (unpaired) electrons. The minimum atomic E-state index is -1.08. The van der Waals surface area contributed by atoms with Gasteiger partial charge in [-0.3, -0.25) is 9.59 Å². The average molecular weight is 367 g/mol. The molecule has 5 nitrogen and oxygen atoms in total. The summed E-state index contributed by atoms with van der Waals surface area (Å²) < 4.78 is 0. The Kier molecular flexibility index (Phi) is 6.88. The lowest BCUT2D eigenvalue weighted by molar-refractivity contribution is -0.142. The van der Waals surface area contributed by atoms with Gasteiger partial charge in [0.25, 0.3) is 0 Å². The monoisotopic (exact) mass is 367 g/mol. The van der Waals surface area contributed by atoms with Gasteiger partial charge >= 0.3 is 5.97 Å². The number of carbonyl (C=O) groups is 3. The second-order valence-electron chi connectivity index (χ2n) is 7.46. The van der Waals surface area contributed by atoms with Crippen molar-refractivity contribution >= 4 is 17.7 Å². The van der Waals surface area contributed by atoms with Gasteiger partial charge in [-0.2, -0.15) is 0 Å². The van der Waals surface area contributed by atoms with Gasteiger partial charge in [0.1, 0.15) is 6.04 Å². The molecule has 0 saturated heterocycles. The van der Waals surface area contributed by atoms with E-state index in [1.54, 1.807) is 24.3 Å². The fourth-order valence-electron chi connectivity index (χ4n) is 2.95. The maximum atomic E-state index is 12.4. The van der Waals surface area contributed by atoms with E-state index in [0.717, 1.165) is 5.56 Å². The number of hydrogen-bond acceptors (Lipinski definition) is 3. The first-order valence-corrected chi connectivity index (χ1v) is 8.91. The molecule has 0 fully saturated rings. The highest BCUT2D eigenvalue weighted by molar-refractivity contribution is 5.96. The summed E-state index contributed by atoms with van der Waals surface area (Å²) in [6.45, 7) is 3.67. The Labute approximate surface area is 159 Å². The van der Waals surface area contributed by atoms with E-state index >= 15 is 0 Å². The minimum Gasteiger partial charge on any atom is -0.480 e. The van der Waals surface area contributed by atoms with Crippen LogP contribution >= 0.6 is 0 Å². The van der Waals surface area contributed by atoms with Crippen LogP contribution in [0.4, 0.5) is 0 Å². The maximum Gasteiger partial charge on any atom is 0.326 e. The molecule has 1 amide bonds. The summed E-state index contributed by atoms with van der Waals surface area (Å²) >= 11 is 0. The molecule has 1 atom stereocenters. The van der Waals surface area contributed by atoms with E-state index in [1.165, 1.54) is 0 Å². The van der Waals surface area contributed by atoms with E-state index in [2.05, 4.69) is 5.32 Å². The molecule has 5 heteroatoms. The molecule has 2 aromatic carbocycles. The van der Waals surface area contributed by atoms with Crippen LogP contribution < -0.4 is 5.32 Å². The molecular formula is C22H25NO4. The zero-order valence-electron chi connectivity index (χ0n) is 15.6. The summed E-state index contributed by atoms with van der Waals surface area (Å²) in [6.07, 6.45) is 0.496. The number of carboxylic acid groups (broad SMARTS) is 1. The van der Waals surface area contributed by atoms with Crippen molar-refractivity contribution in [2.75, 3.05) is 0 Å². The topological polar surface area (TPSA) is 83.5 Å². The number of benzene rings is 2. The van der Waals surface area contributed by atoms with Crippen molar-refractivity contribution in [2.45, 2.75) is 39.2 Å². The van der Waals surface area contributed by atoms with Crippen LogP contribution in [0.3, 0.4) is 0 Å². The van der Waals surface area contributed by atoms with Gasteiger partial charge in [0.05, 0.1) is 0 Å². The van der Waals surface area contributed by atoms with Crippen LogP contribution in [0.2, 0.25) is 0 Å². The molecule has 142 valence electrons. The number of ketones is 1. The average Bonchev–Trinajstić information content (AvgIpc) is 2.61. The number of Topliss-reactive ketones (excluding diaryl/α,β-unsaturated/α-hetero) is 1.